The van der Waals surface area contributed by atoms with Crippen LogP contribution in [0.15, 0.2) is 29.2 Å². The minimum absolute atomic E-state index is 0.286. The van der Waals surface area contributed by atoms with Gasteiger partial charge in [-0.25, -0.2) is 8.42 Å². The predicted octanol–water partition coefficient (Wildman–Crippen LogP) is 2.67. The normalized spacial score (nSPS) is 15.3. The van der Waals surface area contributed by atoms with Crippen LogP contribution in [0.4, 0.5) is 0 Å². The van der Waals surface area contributed by atoms with Crippen LogP contribution in [0.25, 0.3) is 0 Å². The Morgan fingerprint density at radius 2 is 1.72 bits per heavy atom. The van der Waals surface area contributed by atoms with Gasteiger partial charge in [0.2, 0.25) is 0 Å². The van der Waals surface area contributed by atoms with Gasteiger partial charge >= 0.3 is 0 Å². The molecule has 0 aliphatic heterocycles. The molecule has 2 N–H and O–H groups in total. The lowest BCUT2D eigenvalue weighted by Gasteiger charge is -2.22. The largest absolute Gasteiger partial charge is 0.327 e. The van der Waals surface area contributed by atoms with Crippen LogP contribution in [0.5, 0.6) is 0 Å². The van der Waals surface area contributed by atoms with Gasteiger partial charge in [-0.3, -0.25) is 0 Å². The van der Waals surface area contributed by atoms with Crippen molar-refractivity contribution in [3.8, 4) is 0 Å². The first-order chi connectivity index (χ1) is 8.43. The number of sulfone groups is 1. The Kier molecular flexibility index (Phi) is 5.35. The van der Waals surface area contributed by atoms with E-state index in [0.717, 1.165) is 18.4 Å². The molecule has 2 atom stereocenters. The lowest BCUT2D eigenvalue weighted by molar-refractivity contribution is 0.516. The molecule has 0 heterocycles. The SMILES string of the molecule is CCCC(N)C(CC)S(=O)(=O)c1ccc(C)cc1. The summed E-state index contributed by atoms with van der Waals surface area (Å²) >= 11 is 0. The number of hydrogen-bond donors (Lipinski definition) is 1. The number of rotatable bonds is 6. The van der Waals surface area contributed by atoms with Gasteiger partial charge in [-0.15, -0.1) is 0 Å². The molecule has 0 amide bonds. The van der Waals surface area contributed by atoms with E-state index in [1.807, 2.05) is 32.9 Å². The van der Waals surface area contributed by atoms with Crippen molar-refractivity contribution in [1.29, 1.82) is 0 Å². The van der Waals surface area contributed by atoms with Gasteiger partial charge in [-0.05, 0) is 31.9 Å². The molecule has 0 bridgehead atoms. The molecular formula is C14H23NO2S. The smallest absolute Gasteiger partial charge is 0.182 e. The monoisotopic (exact) mass is 269 g/mol. The maximum absolute atomic E-state index is 12.5. The molecular weight excluding hydrogens is 246 g/mol. The third kappa shape index (κ3) is 3.33. The van der Waals surface area contributed by atoms with Crippen molar-refractivity contribution in [1.82, 2.24) is 0 Å². The average Bonchev–Trinajstić information content (AvgIpc) is 2.30. The third-order valence-electron chi connectivity index (χ3n) is 3.25. The van der Waals surface area contributed by atoms with E-state index < -0.39 is 15.1 Å². The summed E-state index contributed by atoms with van der Waals surface area (Å²) in [5.41, 5.74) is 7.07. The van der Waals surface area contributed by atoms with Crippen molar-refractivity contribution in [2.75, 3.05) is 0 Å². The van der Waals surface area contributed by atoms with Gasteiger partial charge in [0.1, 0.15) is 0 Å². The molecule has 0 saturated heterocycles. The van der Waals surface area contributed by atoms with Crippen LogP contribution in [0.3, 0.4) is 0 Å². The molecule has 0 aromatic heterocycles. The van der Waals surface area contributed by atoms with Gasteiger partial charge < -0.3 is 5.73 Å². The summed E-state index contributed by atoms with van der Waals surface area (Å²) in [6.07, 6.45) is 2.20. The fourth-order valence-corrected chi connectivity index (χ4v) is 4.07. The maximum Gasteiger partial charge on any atom is 0.182 e. The summed E-state index contributed by atoms with van der Waals surface area (Å²) in [5.74, 6) is 0. The van der Waals surface area contributed by atoms with Crippen LogP contribution < -0.4 is 5.73 Å². The van der Waals surface area contributed by atoms with Crippen molar-refractivity contribution in [2.24, 2.45) is 5.73 Å². The minimum Gasteiger partial charge on any atom is -0.327 e. The second-order valence-corrected chi connectivity index (χ2v) is 6.92. The van der Waals surface area contributed by atoms with Crippen molar-refractivity contribution < 1.29 is 8.42 Å². The second kappa shape index (κ2) is 6.34. The summed E-state index contributed by atoms with van der Waals surface area (Å²) in [4.78, 5) is 0.381. The summed E-state index contributed by atoms with van der Waals surface area (Å²) in [6.45, 7) is 5.84. The Morgan fingerprint density at radius 3 is 2.17 bits per heavy atom. The number of nitrogens with two attached hydrogens (primary N) is 1. The summed E-state index contributed by atoms with van der Waals surface area (Å²) < 4.78 is 25.0. The van der Waals surface area contributed by atoms with E-state index in [9.17, 15) is 8.42 Å². The van der Waals surface area contributed by atoms with Gasteiger partial charge in [0.25, 0.3) is 0 Å². The van der Waals surface area contributed by atoms with Crippen molar-refractivity contribution in [2.45, 2.75) is 56.2 Å². The minimum atomic E-state index is -3.31. The predicted molar refractivity (Wildman–Crippen MR) is 75.3 cm³/mol. The topological polar surface area (TPSA) is 60.2 Å². The van der Waals surface area contributed by atoms with Gasteiger partial charge in [-0.1, -0.05) is 38.0 Å². The number of hydrogen-bond acceptors (Lipinski definition) is 3. The van der Waals surface area contributed by atoms with Crippen molar-refractivity contribution in [3.63, 3.8) is 0 Å². The number of aryl methyl sites for hydroxylation is 1. The van der Waals surface area contributed by atoms with Crippen LogP contribution in [0, 0.1) is 6.92 Å². The Bertz CT molecular complexity index is 465. The Morgan fingerprint density at radius 1 is 1.17 bits per heavy atom. The van der Waals surface area contributed by atoms with E-state index in [2.05, 4.69) is 0 Å². The van der Waals surface area contributed by atoms with Crippen molar-refractivity contribution >= 4 is 9.84 Å². The van der Waals surface area contributed by atoms with Crippen molar-refractivity contribution in [3.05, 3.63) is 29.8 Å². The molecule has 0 spiro atoms. The Labute approximate surface area is 110 Å². The number of benzene rings is 1. The fourth-order valence-electron chi connectivity index (χ4n) is 2.17. The fraction of sp³-hybridized carbons (Fsp3) is 0.571. The van der Waals surface area contributed by atoms with E-state index in [0.29, 0.717) is 11.3 Å². The molecule has 0 radical (unpaired) electrons. The quantitative estimate of drug-likeness (QED) is 0.863. The maximum atomic E-state index is 12.5. The lowest BCUT2D eigenvalue weighted by atomic mass is 10.1. The first-order valence-electron chi connectivity index (χ1n) is 6.49. The molecule has 1 rings (SSSR count). The first-order valence-corrected chi connectivity index (χ1v) is 8.04. The van der Waals surface area contributed by atoms with Crippen LogP contribution >= 0.6 is 0 Å². The van der Waals surface area contributed by atoms with E-state index in [4.69, 9.17) is 5.73 Å². The highest BCUT2D eigenvalue weighted by molar-refractivity contribution is 7.92. The van der Waals surface area contributed by atoms with Gasteiger partial charge in [-0.2, -0.15) is 0 Å². The summed E-state index contributed by atoms with van der Waals surface area (Å²) in [7, 11) is -3.31. The molecule has 4 heteroatoms. The standard InChI is InChI=1S/C14H23NO2S/c1-4-6-13(15)14(5-2)18(16,17)12-9-7-11(3)8-10-12/h7-10,13-14H,4-6,15H2,1-3H3. The first kappa shape index (κ1) is 15.2. The zero-order valence-corrected chi connectivity index (χ0v) is 12.2. The van der Waals surface area contributed by atoms with Gasteiger partial charge in [0.05, 0.1) is 10.1 Å². The molecule has 18 heavy (non-hydrogen) atoms. The molecule has 2 unspecified atom stereocenters. The third-order valence-corrected chi connectivity index (χ3v) is 5.66. The Hall–Kier alpha value is -0.870. The van der Waals surface area contributed by atoms with Crippen LogP contribution in [0.2, 0.25) is 0 Å². The highest BCUT2D eigenvalue weighted by Crippen LogP contribution is 2.22. The molecule has 3 nitrogen and oxygen atoms in total. The molecule has 0 aliphatic carbocycles. The molecule has 0 aliphatic rings. The van der Waals surface area contributed by atoms with Gasteiger partial charge in [0.15, 0.2) is 9.84 Å². The zero-order chi connectivity index (χ0) is 13.8. The summed E-state index contributed by atoms with van der Waals surface area (Å²) in [5, 5.41) is -0.486. The van der Waals surface area contributed by atoms with Crippen LogP contribution in [0.1, 0.15) is 38.7 Å². The van der Waals surface area contributed by atoms with E-state index in [1.54, 1.807) is 12.1 Å². The Balaban J connectivity index is 3.06. The van der Waals surface area contributed by atoms with E-state index in [-0.39, 0.29) is 6.04 Å². The highest BCUT2D eigenvalue weighted by Gasteiger charge is 2.30. The molecule has 102 valence electrons. The summed E-state index contributed by atoms with van der Waals surface area (Å²) in [6, 6.07) is 6.71. The van der Waals surface area contributed by atoms with E-state index in [1.165, 1.54) is 0 Å². The zero-order valence-electron chi connectivity index (χ0n) is 11.4. The second-order valence-electron chi connectivity index (χ2n) is 4.76. The van der Waals surface area contributed by atoms with Gasteiger partial charge in [0, 0.05) is 6.04 Å². The molecule has 0 saturated carbocycles. The average molecular weight is 269 g/mol. The molecule has 1 aromatic carbocycles. The van der Waals surface area contributed by atoms with Crippen LogP contribution in [-0.2, 0) is 9.84 Å². The highest BCUT2D eigenvalue weighted by atomic mass is 32.2. The van der Waals surface area contributed by atoms with E-state index >= 15 is 0 Å². The molecule has 0 fully saturated rings. The van der Waals surface area contributed by atoms with Crippen LogP contribution in [-0.4, -0.2) is 19.7 Å². The molecule has 1 aromatic rings. The lowest BCUT2D eigenvalue weighted by Crippen LogP contribution is -2.40.